The van der Waals surface area contributed by atoms with E-state index in [1.165, 1.54) is 5.56 Å². The van der Waals surface area contributed by atoms with Crippen molar-refractivity contribution < 1.29 is 14.6 Å². The Morgan fingerprint density at radius 1 is 1.24 bits per heavy atom. The molecule has 0 spiro atoms. The molecule has 9 heteroatoms. The molecular formula is C8H18N4O3S2. The summed E-state index contributed by atoms with van der Waals surface area (Å²) >= 11 is 8.03. The van der Waals surface area contributed by atoms with Crippen LogP contribution in [0.2, 0.25) is 0 Å². The van der Waals surface area contributed by atoms with Gasteiger partial charge in [-0.05, 0) is 43.0 Å². The van der Waals surface area contributed by atoms with Crippen LogP contribution in [0.15, 0.2) is 23.0 Å². The molecule has 0 aliphatic carbocycles. The van der Waals surface area contributed by atoms with Gasteiger partial charge in [-0.1, -0.05) is 7.43 Å². The normalized spacial score (nSPS) is 7.00. The van der Waals surface area contributed by atoms with Crippen molar-refractivity contribution in [3.8, 4) is 0 Å². The van der Waals surface area contributed by atoms with Crippen molar-refractivity contribution >= 4 is 34.8 Å². The molecule has 1 aromatic rings. The zero-order valence-electron chi connectivity index (χ0n) is 8.51. The fourth-order valence-electron chi connectivity index (χ4n) is 0.333. The number of thiocarbonyl (C=S) groups is 2. The first-order valence-corrected chi connectivity index (χ1v) is 4.63. The first kappa shape index (κ1) is 20.9. The molecule has 1 aromatic heterocycles. The Bertz CT molecular complexity index is 279. The smallest absolute Gasteiger partial charge is 0.268 e. The minimum absolute atomic E-state index is 0. The van der Waals surface area contributed by atoms with Crippen molar-refractivity contribution in [1.29, 1.82) is 0 Å². The van der Waals surface area contributed by atoms with Gasteiger partial charge in [0.05, 0.1) is 12.5 Å². The molecule has 0 radical (unpaired) electrons. The number of aliphatic hydroxyl groups excluding tert-OH is 2. The van der Waals surface area contributed by atoms with Crippen LogP contribution < -0.4 is 22.5 Å². The first-order chi connectivity index (χ1) is 7.43. The largest absolute Gasteiger partial charge is 0.486 e. The molecule has 0 bridgehead atoms. The average molecular weight is 282 g/mol. The SMILES string of the molecule is C.Cc1ccoc1.NNC(O)=S.NNC(O)=S. The highest BCUT2D eigenvalue weighted by Gasteiger charge is 1.75. The van der Waals surface area contributed by atoms with Gasteiger partial charge >= 0.3 is 0 Å². The van der Waals surface area contributed by atoms with Gasteiger partial charge in [-0.3, -0.25) is 10.9 Å². The van der Waals surface area contributed by atoms with E-state index in [1.54, 1.807) is 12.5 Å². The van der Waals surface area contributed by atoms with Gasteiger partial charge < -0.3 is 14.6 Å². The van der Waals surface area contributed by atoms with Crippen LogP contribution in [-0.2, 0) is 0 Å². The summed E-state index contributed by atoms with van der Waals surface area (Å²) in [6.07, 6.45) is 3.37. The van der Waals surface area contributed by atoms with E-state index in [-0.39, 0.29) is 17.8 Å². The third-order valence-electron chi connectivity index (χ3n) is 0.910. The molecule has 0 amide bonds. The summed E-state index contributed by atoms with van der Waals surface area (Å²) in [7, 11) is 0. The van der Waals surface area contributed by atoms with Crippen LogP contribution >= 0.6 is 24.4 Å². The zero-order chi connectivity index (χ0) is 13.0. The lowest BCUT2D eigenvalue weighted by molar-refractivity contribution is 0.534. The monoisotopic (exact) mass is 282 g/mol. The number of hydrogen-bond acceptors (Lipinski definition) is 5. The Labute approximate surface area is 111 Å². The molecule has 1 heterocycles. The Balaban J connectivity index is -0.000000170. The van der Waals surface area contributed by atoms with Gasteiger partial charge in [0, 0.05) is 0 Å². The van der Waals surface area contributed by atoms with E-state index in [0.29, 0.717) is 0 Å². The van der Waals surface area contributed by atoms with Crippen LogP contribution in [-0.4, -0.2) is 20.6 Å². The molecule has 0 aromatic carbocycles. The summed E-state index contributed by atoms with van der Waals surface area (Å²) in [6.45, 7) is 1.99. The molecule has 0 fully saturated rings. The molecule has 100 valence electrons. The Morgan fingerprint density at radius 2 is 1.59 bits per heavy atom. The average Bonchev–Trinajstić information content (AvgIpc) is 2.71. The van der Waals surface area contributed by atoms with E-state index in [0.717, 1.165) is 0 Å². The first-order valence-electron chi connectivity index (χ1n) is 3.81. The molecular weight excluding hydrogens is 264 g/mol. The van der Waals surface area contributed by atoms with Gasteiger partial charge in [0.1, 0.15) is 0 Å². The predicted octanol–water partition coefficient (Wildman–Crippen LogP) is 0.809. The number of hydrogen-bond donors (Lipinski definition) is 6. The van der Waals surface area contributed by atoms with Crippen molar-refractivity contribution in [2.45, 2.75) is 14.4 Å². The van der Waals surface area contributed by atoms with Crippen molar-refractivity contribution in [3.63, 3.8) is 0 Å². The zero-order valence-corrected chi connectivity index (χ0v) is 10.1. The standard InChI is InChI=1S/C5H6O.2CH4N2OS.CH4/c1-5-2-3-6-4-5;2*2-3-1(4)5;/h2-4H,1H3;2*2H2,(H2,3,4,5);1H4. The molecule has 0 saturated heterocycles. The van der Waals surface area contributed by atoms with E-state index in [2.05, 4.69) is 36.1 Å². The molecule has 8 N–H and O–H groups in total. The molecule has 7 nitrogen and oxygen atoms in total. The van der Waals surface area contributed by atoms with Crippen LogP contribution in [0.25, 0.3) is 0 Å². The second-order valence-corrected chi connectivity index (χ2v) is 2.97. The summed E-state index contributed by atoms with van der Waals surface area (Å²) < 4.78 is 4.71. The van der Waals surface area contributed by atoms with Gasteiger partial charge in [-0.25, -0.2) is 11.7 Å². The highest BCUT2D eigenvalue weighted by Crippen LogP contribution is 1.93. The number of aliphatic hydroxyl groups is 2. The number of nitrogens with two attached hydrogens (primary N) is 2. The van der Waals surface area contributed by atoms with Crippen LogP contribution in [0, 0.1) is 6.92 Å². The summed E-state index contributed by atoms with van der Waals surface area (Å²) in [6, 6.07) is 1.92. The van der Waals surface area contributed by atoms with E-state index < -0.39 is 0 Å². The molecule has 0 aliphatic heterocycles. The maximum Gasteiger partial charge on any atom is 0.268 e. The van der Waals surface area contributed by atoms with Crippen LogP contribution in [0.1, 0.15) is 13.0 Å². The lowest BCUT2D eigenvalue weighted by Gasteiger charge is -1.83. The molecule has 17 heavy (non-hydrogen) atoms. The quantitative estimate of drug-likeness (QED) is 0.232. The van der Waals surface area contributed by atoms with Crippen molar-refractivity contribution in [1.82, 2.24) is 10.9 Å². The number of aryl methyl sites for hydroxylation is 1. The highest BCUT2D eigenvalue weighted by molar-refractivity contribution is 7.80. The Kier molecular flexibility index (Phi) is 17.9. The second-order valence-electron chi connectivity index (χ2n) is 2.20. The summed E-state index contributed by atoms with van der Waals surface area (Å²) in [5.74, 6) is 9.06. The highest BCUT2D eigenvalue weighted by atomic mass is 32.1. The van der Waals surface area contributed by atoms with Crippen LogP contribution in [0.4, 0.5) is 0 Å². The molecule has 0 aliphatic rings. The van der Waals surface area contributed by atoms with Gasteiger partial charge in [0.15, 0.2) is 0 Å². The van der Waals surface area contributed by atoms with E-state index in [4.69, 9.17) is 14.6 Å². The van der Waals surface area contributed by atoms with Crippen LogP contribution in [0.5, 0.6) is 0 Å². The second kappa shape index (κ2) is 14.6. The fraction of sp³-hybridized carbons (Fsp3) is 0.250. The fourth-order valence-corrected chi connectivity index (χ4v) is 0.333. The Hall–Kier alpha value is -1.42. The topological polar surface area (TPSA) is 130 Å². The molecule has 1 rings (SSSR count). The number of furan rings is 1. The summed E-state index contributed by atoms with van der Waals surface area (Å²) in [4.78, 5) is 0. The number of hydrazine groups is 2. The van der Waals surface area contributed by atoms with Gasteiger partial charge in [-0.2, -0.15) is 0 Å². The van der Waals surface area contributed by atoms with E-state index in [1.807, 2.05) is 23.8 Å². The van der Waals surface area contributed by atoms with Crippen molar-refractivity contribution in [2.24, 2.45) is 11.7 Å². The summed E-state index contributed by atoms with van der Waals surface area (Å²) in [5, 5.41) is 14.9. The lowest BCUT2D eigenvalue weighted by Crippen LogP contribution is -2.27. The van der Waals surface area contributed by atoms with E-state index >= 15 is 0 Å². The maximum absolute atomic E-state index is 7.86. The Morgan fingerprint density at radius 3 is 1.65 bits per heavy atom. The van der Waals surface area contributed by atoms with E-state index in [9.17, 15) is 0 Å². The lowest BCUT2D eigenvalue weighted by atomic mass is 10.4. The van der Waals surface area contributed by atoms with Gasteiger partial charge in [0.25, 0.3) is 10.3 Å². The molecule has 0 saturated carbocycles. The predicted molar refractivity (Wildman–Crippen MR) is 75.3 cm³/mol. The number of nitrogens with one attached hydrogen (secondary N) is 2. The third-order valence-corrected chi connectivity index (χ3v) is 1.15. The third kappa shape index (κ3) is 25.1. The number of rotatable bonds is 0. The van der Waals surface area contributed by atoms with Crippen molar-refractivity contribution in [3.05, 3.63) is 24.2 Å². The molecule has 0 atom stereocenters. The van der Waals surface area contributed by atoms with Gasteiger partial charge in [0.2, 0.25) is 0 Å². The van der Waals surface area contributed by atoms with Gasteiger partial charge in [-0.15, -0.1) is 0 Å². The summed E-state index contributed by atoms with van der Waals surface area (Å²) in [5.41, 5.74) is 4.81. The molecule has 0 unspecified atom stereocenters. The van der Waals surface area contributed by atoms with Crippen LogP contribution in [0.3, 0.4) is 0 Å². The minimum atomic E-state index is -0.384. The maximum atomic E-state index is 7.86. The minimum Gasteiger partial charge on any atom is -0.486 e. The van der Waals surface area contributed by atoms with Crippen molar-refractivity contribution in [2.75, 3.05) is 0 Å².